The highest BCUT2D eigenvalue weighted by Crippen LogP contribution is 2.39. The molecule has 2 heterocycles. The Bertz CT molecular complexity index is 861. The molecule has 1 aromatic carbocycles. The average molecular weight is 422 g/mol. The third-order valence-electron chi connectivity index (χ3n) is 5.88. The summed E-state index contributed by atoms with van der Waals surface area (Å²) >= 11 is 0. The van der Waals surface area contributed by atoms with Gasteiger partial charge in [0.1, 0.15) is 0 Å². The number of nitrogens with zero attached hydrogens (tertiary/aromatic N) is 2. The van der Waals surface area contributed by atoms with E-state index in [1.165, 1.54) is 12.3 Å². The van der Waals surface area contributed by atoms with Gasteiger partial charge in [0.05, 0.1) is 23.7 Å². The number of halogens is 3. The standard InChI is InChI=1S/C22H29F3N4O/c1-3-29(4-2)14-19(30)28-20(15-9-12-26-13-10-15)17-7-8-18(22(23,24)25)21-16(17)6-5-11-27-21/h5-8,11,15,20,26H,3-4,9-10,12-14H2,1-2H3,(H,28,30). The van der Waals surface area contributed by atoms with Crippen molar-refractivity contribution in [1.82, 2.24) is 20.5 Å². The highest BCUT2D eigenvalue weighted by atomic mass is 19.4. The number of carbonyl (C=O) groups is 1. The lowest BCUT2D eigenvalue weighted by Gasteiger charge is -2.33. The highest BCUT2D eigenvalue weighted by molar-refractivity contribution is 5.87. The minimum Gasteiger partial charge on any atom is -0.348 e. The van der Waals surface area contributed by atoms with Crippen LogP contribution in [0.3, 0.4) is 0 Å². The zero-order valence-corrected chi connectivity index (χ0v) is 17.4. The van der Waals surface area contributed by atoms with Crippen LogP contribution in [0.2, 0.25) is 0 Å². The van der Waals surface area contributed by atoms with E-state index in [0.29, 0.717) is 10.9 Å². The van der Waals surface area contributed by atoms with Crippen molar-refractivity contribution in [2.75, 3.05) is 32.7 Å². The summed E-state index contributed by atoms with van der Waals surface area (Å²) < 4.78 is 40.5. The molecule has 1 aliphatic heterocycles. The van der Waals surface area contributed by atoms with Gasteiger partial charge in [0.2, 0.25) is 5.91 Å². The number of aromatic nitrogens is 1. The molecule has 2 aromatic rings. The van der Waals surface area contributed by atoms with Crippen molar-refractivity contribution in [3.05, 3.63) is 41.6 Å². The zero-order valence-electron chi connectivity index (χ0n) is 17.4. The highest BCUT2D eigenvalue weighted by Gasteiger charge is 2.35. The Labute approximate surface area is 175 Å². The second-order valence-electron chi connectivity index (χ2n) is 7.69. The molecule has 1 amide bonds. The molecule has 8 heteroatoms. The number of amides is 1. The molecule has 2 N–H and O–H groups in total. The van der Waals surface area contributed by atoms with Crippen molar-refractivity contribution in [3.8, 4) is 0 Å². The Hall–Kier alpha value is -2.19. The summed E-state index contributed by atoms with van der Waals surface area (Å²) in [6, 6.07) is 5.55. The maximum Gasteiger partial charge on any atom is 0.418 e. The molecule has 1 fully saturated rings. The first-order chi connectivity index (χ1) is 14.3. The number of carbonyl (C=O) groups excluding carboxylic acids is 1. The van der Waals surface area contributed by atoms with E-state index in [4.69, 9.17) is 0 Å². The molecule has 1 saturated heterocycles. The van der Waals surface area contributed by atoms with Crippen LogP contribution in [-0.4, -0.2) is 48.5 Å². The number of pyridine rings is 1. The van der Waals surface area contributed by atoms with Crippen molar-refractivity contribution >= 4 is 16.8 Å². The summed E-state index contributed by atoms with van der Waals surface area (Å²) in [5.74, 6) is 0.0335. The van der Waals surface area contributed by atoms with Crippen LogP contribution >= 0.6 is 0 Å². The number of nitrogens with one attached hydrogen (secondary N) is 2. The van der Waals surface area contributed by atoms with Crippen molar-refractivity contribution in [2.45, 2.75) is 38.9 Å². The van der Waals surface area contributed by atoms with E-state index in [-0.39, 0.29) is 29.9 Å². The number of hydrogen-bond donors (Lipinski definition) is 2. The van der Waals surface area contributed by atoms with Crippen LogP contribution in [0, 0.1) is 5.92 Å². The molecule has 0 aliphatic carbocycles. The Morgan fingerprint density at radius 2 is 1.93 bits per heavy atom. The molecule has 0 bridgehead atoms. The topological polar surface area (TPSA) is 57.3 Å². The van der Waals surface area contributed by atoms with Crippen LogP contribution in [0.25, 0.3) is 10.9 Å². The van der Waals surface area contributed by atoms with Gasteiger partial charge in [-0.1, -0.05) is 26.0 Å². The molecule has 1 aromatic heterocycles. The molecule has 1 atom stereocenters. The van der Waals surface area contributed by atoms with Crippen LogP contribution in [0.15, 0.2) is 30.5 Å². The Balaban J connectivity index is 2.01. The first-order valence-electron chi connectivity index (χ1n) is 10.5. The lowest BCUT2D eigenvalue weighted by atomic mass is 9.84. The van der Waals surface area contributed by atoms with Gasteiger partial charge in [0.15, 0.2) is 0 Å². The average Bonchev–Trinajstić information content (AvgIpc) is 2.75. The molecule has 0 spiro atoms. The normalized spacial score (nSPS) is 16.7. The third-order valence-corrected chi connectivity index (χ3v) is 5.88. The van der Waals surface area contributed by atoms with E-state index in [1.54, 1.807) is 12.1 Å². The minimum atomic E-state index is -4.48. The van der Waals surface area contributed by atoms with Crippen LogP contribution in [0.1, 0.15) is 43.9 Å². The summed E-state index contributed by atoms with van der Waals surface area (Å²) in [6.45, 7) is 7.43. The van der Waals surface area contributed by atoms with Crippen molar-refractivity contribution in [1.29, 1.82) is 0 Å². The minimum absolute atomic E-state index is 0.0700. The monoisotopic (exact) mass is 422 g/mol. The van der Waals surface area contributed by atoms with E-state index in [1.807, 2.05) is 18.7 Å². The number of hydrogen-bond acceptors (Lipinski definition) is 4. The van der Waals surface area contributed by atoms with E-state index in [2.05, 4.69) is 15.6 Å². The lowest BCUT2D eigenvalue weighted by Crippen LogP contribution is -2.43. The maximum atomic E-state index is 13.5. The van der Waals surface area contributed by atoms with Gasteiger partial charge in [-0.3, -0.25) is 14.7 Å². The number of fused-ring (bicyclic) bond motifs is 1. The van der Waals surface area contributed by atoms with Gasteiger partial charge in [-0.25, -0.2) is 0 Å². The smallest absolute Gasteiger partial charge is 0.348 e. The summed E-state index contributed by atoms with van der Waals surface area (Å²) in [7, 11) is 0. The molecular weight excluding hydrogens is 393 g/mol. The number of rotatable bonds is 7. The molecular formula is C22H29F3N4O. The van der Waals surface area contributed by atoms with Crippen LogP contribution < -0.4 is 10.6 Å². The van der Waals surface area contributed by atoms with Crippen LogP contribution in [-0.2, 0) is 11.0 Å². The number of likely N-dealkylation sites (N-methyl/N-ethyl adjacent to an activating group) is 1. The third kappa shape index (κ3) is 5.10. The second kappa shape index (κ2) is 9.75. The van der Waals surface area contributed by atoms with E-state index in [0.717, 1.165) is 45.1 Å². The van der Waals surface area contributed by atoms with Gasteiger partial charge >= 0.3 is 6.18 Å². The summed E-state index contributed by atoms with van der Waals surface area (Å²) in [5.41, 5.74) is -0.120. The molecule has 1 unspecified atom stereocenters. The van der Waals surface area contributed by atoms with Gasteiger partial charge < -0.3 is 10.6 Å². The summed E-state index contributed by atoms with van der Waals surface area (Å²) in [6.07, 6.45) is -1.42. The van der Waals surface area contributed by atoms with Gasteiger partial charge in [0, 0.05) is 11.6 Å². The van der Waals surface area contributed by atoms with Gasteiger partial charge in [-0.2, -0.15) is 13.2 Å². The number of alkyl halides is 3. The van der Waals surface area contributed by atoms with Gasteiger partial charge in [-0.05, 0) is 62.6 Å². The molecule has 5 nitrogen and oxygen atoms in total. The molecule has 3 rings (SSSR count). The van der Waals surface area contributed by atoms with Gasteiger partial charge in [0.25, 0.3) is 0 Å². The van der Waals surface area contributed by atoms with Crippen LogP contribution in [0.4, 0.5) is 13.2 Å². The Kier molecular flexibility index (Phi) is 7.31. The second-order valence-corrected chi connectivity index (χ2v) is 7.69. The maximum absolute atomic E-state index is 13.5. The largest absolute Gasteiger partial charge is 0.418 e. The van der Waals surface area contributed by atoms with Gasteiger partial charge in [-0.15, -0.1) is 0 Å². The van der Waals surface area contributed by atoms with E-state index >= 15 is 0 Å². The fourth-order valence-electron chi connectivity index (χ4n) is 4.19. The van der Waals surface area contributed by atoms with E-state index < -0.39 is 11.7 Å². The fourth-order valence-corrected chi connectivity index (χ4v) is 4.19. The summed E-state index contributed by atoms with van der Waals surface area (Å²) in [4.78, 5) is 18.8. The summed E-state index contributed by atoms with van der Waals surface area (Å²) in [5, 5.41) is 6.89. The molecule has 0 radical (unpaired) electrons. The number of piperidine rings is 1. The van der Waals surface area contributed by atoms with Crippen molar-refractivity contribution in [2.24, 2.45) is 5.92 Å². The zero-order chi connectivity index (χ0) is 21.7. The molecule has 164 valence electrons. The Morgan fingerprint density at radius 3 is 2.57 bits per heavy atom. The fraction of sp³-hybridized carbons (Fsp3) is 0.545. The SMILES string of the molecule is CCN(CC)CC(=O)NC(c1ccc(C(F)(F)F)c2ncccc12)C1CCNCC1. The van der Waals surface area contributed by atoms with E-state index in [9.17, 15) is 18.0 Å². The molecule has 30 heavy (non-hydrogen) atoms. The molecule has 1 aliphatic rings. The van der Waals surface area contributed by atoms with Crippen LogP contribution in [0.5, 0.6) is 0 Å². The van der Waals surface area contributed by atoms with Crippen molar-refractivity contribution < 1.29 is 18.0 Å². The number of benzene rings is 1. The Morgan fingerprint density at radius 1 is 1.23 bits per heavy atom. The van der Waals surface area contributed by atoms with Crippen molar-refractivity contribution in [3.63, 3.8) is 0 Å². The molecule has 0 saturated carbocycles. The first-order valence-corrected chi connectivity index (χ1v) is 10.5. The predicted molar refractivity (Wildman–Crippen MR) is 111 cm³/mol. The predicted octanol–water partition coefficient (Wildman–Crippen LogP) is 3.75. The lowest BCUT2D eigenvalue weighted by molar-refractivity contribution is -0.136. The quantitative estimate of drug-likeness (QED) is 0.714. The first kappa shape index (κ1) is 22.5.